The third kappa shape index (κ3) is 5.16. The third-order valence-corrected chi connectivity index (χ3v) is 3.77. The van der Waals surface area contributed by atoms with E-state index in [9.17, 15) is 27.2 Å². The summed E-state index contributed by atoms with van der Waals surface area (Å²) < 4.78 is 54.5. The summed E-state index contributed by atoms with van der Waals surface area (Å²) in [7, 11) is 0. The lowest BCUT2D eigenvalue weighted by atomic mass is 10.1. The van der Waals surface area contributed by atoms with E-state index in [-0.39, 0.29) is 22.9 Å². The molecule has 1 aromatic carbocycles. The molecule has 12 heteroatoms. The number of nitrogens with one attached hydrogen (secondary N) is 2. The summed E-state index contributed by atoms with van der Waals surface area (Å²) in [5.41, 5.74) is -0.995. The zero-order chi connectivity index (χ0) is 21.9. The predicted molar refractivity (Wildman–Crippen MR) is 94.8 cm³/mol. The molecule has 0 saturated carbocycles. The lowest BCUT2D eigenvalue weighted by molar-refractivity contribution is -0.274. The highest BCUT2D eigenvalue weighted by atomic mass is 19.4. The number of rotatable bonds is 5. The van der Waals surface area contributed by atoms with Crippen LogP contribution in [0.5, 0.6) is 5.75 Å². The first-order valence-corrected chi connectivity index (χ1v) is 8.37. The van der Waals surface area contributed by atoms with Crippen molar-refractivity contribution in [1.29, 1.82) is 0 Å². The van der Waals surface area contributed by atoms with Gasteiger partial charge in [0.25, 0.3) is 11.5 Å². The van der Waals surface area contributed by atoms with Crippen LogP contribution in [0, 0.1) is 5.82 Å². The molecule has 2 N–H and O–H groups in total. The van der Waals surface area contributed by atoms with Crippen molar-refractivity contribution in [3.05, 3.63) is 70.2 Å². The van der Waals surface area contributed by atoms with Crippen LogP contribution in [0.2, 0.25) is 0 Å². The van der Waals surface area contributed by atoms with Gasteiger partial charge in [-0.1, -0.05) is 6.07 Å². The minimum Gasteiger partial charge on any atom is -0.406 e. The molecule has 1 atom stereocenters. The summed E-state index contributed by atoms with van der Waals surface area (Å²) in [5.74, 6) is -2.50. The number of alkyl halides is 3. The Kier molecular flexibility index (Phi) is 5.76. The van der Waals surface area contributed by atoms with Gasteiger partial charge in [0.1, 0.15) is 17.3 Å². The zero-order valence-corrected chi connectivity index (χ0v) is 15.2. The maximum atomic E-state index is 14.2. The van der Waals surface area contributed by atoms with E-state index in [1.165, 1.54) is 19.3 Å². The average Bonchev–Trinajstić information content (AvgIpc) is 2.67. The smallest absolute Gasteiger partial charge is 0.406 e. The van der Waals surface area contributed by atoms with Gasteiger partial charge in [0.05, 0.1) is 6.04 Å². The number of carbonyl (C=O) groups is 1. The number of benzene rings is 1. The number of nitrogens with zero attached hydrogens (tertiary/aromatic N) is 3. The SMILES string of the molecule is C[C@@H](NC(=O)c1cc(=O)[nH]c(-c2ncccn2)n1)c1ccc(OC(F)(F)F)cc1F. The molecule has 0 bridgehead atoms. The lowest BCUT2D eigenvalue weighted by Gasteiger charge is -2.16. The number of H-pyrrole nitrogens is 1. The molecule has 0 aliphatic heterocycles. The molecule has 0 radical (unpaired) electrons. The fourth-order valence-corrected chi connectivity index (χ4v) is 2.51. The van der Waals surface area contributed by atoms with Gasteiger partial charge < -0.3 is 15.0 Å². The number of hydrogen-bond donors (Lipinski definition) is 2. The molecule has 0 aliphatic rings. The summed E-state index contributed by atoms with van der Waals surface area (Å²) in [6.07, 6.45) is -2.11. The molecule has 2 aromatic heterocycles. The Hall–Kier alpha value is -3.83. The number of carbonyl (C=O) groups excluding carboxylic acids is 1. The second-order valence-electron chi connectivity index (χ2n) is 5.98. The summed E-state index contributed by atoms with van der Waals surface area (Å²) >= 11 is 0. The number of amides is 1. The number of aromatic nitrogens is 4. The standard InChI is InChI=1S/C18H13F4N5O3/c1-9(11-4-3-10(7-12(11)19)30-18(20,21)22)25-17(29)13-8-14(28)27-16(26-13)15-23-5-2-6-24-15/h2-9H,1H3,(H,25,29)(H,26,27,28)/t9-/m1/s1. The van der Waals surface area contributed by atoms with Gasteiger partial charge in [-0.3, -0.25) is 9.59 Å². The van der Waals surface area contributed by atoms with Crippen molar-refractivity contribution in [1.82, 2.24) is 25.3 Å². The first-order valence-electron chi connectivity index (χ1n) is 8.37. The largest absolute Gasteiger partial charge is 0.573 e. The van der Waals surface area contributed by atoms with Crippen LogP contribution in [0.4, 0.5) is 17.6 Å². The predicted octanol–water partition coefficient (Wildman–Crippen LogP) is 2.76. The fourth-order valence-electron chi connectivity index (χ4n) is 2.51. The van der Waals surface area contributed by atoms with Gasteiger partial charge in [-0.15, -0.1) is 13.2 Å². The van der Waals surface area contributed by atoms with Gasteiger partial charge in [-0.2, -0.15) is 0 Å². The van der Waals surface area contributed by atoms with Gasteiger partial charge in [-0.25, -0.2) is 19.3 Å². The molecule has 3 aromatic rings. The molecule has 8 nitrogen and oxygen atoms in total. The number of hydrogen-bond acceptors (Lipinski definition) is 6. The van der Waals surface area contributed by atoms with Crippen LogP contribution >= 0.6 is 0 Å². The fraction of sp³-hybridized carbons (Fsp3) is 0.167. The van der Waals surface area contributed by atoms with Gasteiger partial charge in [0.15, 0.2) is 11.6 Å². The van der Waals surface area contributed by atoms with E-state index in [1.807, 2.05) is 0 Å². The number of halogens is 4. The Morgan fingerprint density at radius 3 is 2.53 bits per heavy atom. The first-order chi connectivity index (χ1) is 14.1. The van der Waals surface area contributed by atoms with Crippen LogP contribution in [-0.2, 0) is 0 Å². The molecule has 0 spiro atoms. The molecule has 0 aliphatic carbocycles. The minimum atomic E-state index is -4.96. The van der Waals surface area contributed by atoms with Crippen LogP contribution in [0.15, 0.2) is 47.5 Å². The van der Waals surface area contributed by atoms with E-state index in [4.69, 9.17) is 0 Å². The summed E-state index contributed by atoms with van der Waals surface area (Å²) in [4.78, 5) is 38.6. The molecule has 0 fully saturated rings. The Morgan fingerprint density at radius 2 is 1.90 bits per heavy atom. The Morgan fingerprint density at radius 1 is 1.20 bits per heavy atom. The maximum Gasteiger partial charge on any atom is 0.573 e. The second kappa shape index (κ2) is 8.27. The highest BCUT2D eigenvalue weighted by Gasteiger charge is 2.31. The van der Waals surface area contributed by atoms with E-state index in [0.717, 1.165) is 18.2 Å². The van der Waals surface area contributed by atoms with Crippen molar-refractivity contribution in [3.63, 3.8) is 0 Å². The Balaban J connectivity index is 1.79. The molecule has 2 heterocycles. The van der Waals surface area contributed by atoms with Gasteiger partial charge >= 0.3 is 6.36 Å². The number of ether oxygens (including phenoxy) is 1. The molecular formula is C18H13F4N5O3. The molecule has 30 heavy (non-hydrogen) atoms. The van der Waals surface area contributed by atoms with E-state index >= 15 is 0 Å². The highest BCUT2D eigenvalue weighted by molar-refractivity contribution is 5.92. The molecule has 0 unspecified atom stereocenters. The summed E-state index contributed by atoms with van der Waals surface area (Å²) in [5, 5.41) is 2.43. The molecule has 1 amide bonds. The molecule has 3 rings (SSSR count). The van der Waals surface area contributed by atoms with Crippen LogP contribution in [0.25, 0.3) is 11.6 Å². The van der Waals surface area contributed by atoms with Crippen LogP contribution in [-0.4, -0.2) is 32.2 Å². The minimum absolute atomic E-state index is 0.0410. The Labute approximate surface area is 166 Å². The lowest BCUT2D eigenvalue weighted by Crippen LogP contribution is -2.29. The van der Waals surface area contributed by atoms with Crippen LogP contribution < -0.4 is 15.6 Å². The second-order valence-corrected chi connectivity index (χ2v) is 5.98. The van der Waals surface area contributed by atoms with Gasteiger partial charge in [-0.05, 0) is 19.1 Å². The number of aromatic amines is 1. The summed E-state index contributed by atoms with van der Waals surface area (Å²) in [6, 6.07) is 4.07. The van der Waals surface area contributed by atoms with E-state index in [1.54, 1.807) is 6.07 Å². The van der Waals surface area contributed by atoms with Crippen LogP contribution in [0.1, 0.15) is 29.0 Å². The quantitative estimate of drug-likeness (QED) is 0.611. The zero-order valence-electron chi connectivity index (χ0n) is 15.2. The normalized spacial score (nSPS) is 12.3. The Bertz CT molecular complexity index is 1120. The molecular weight excluding hydrogens is 410 g/mol. The van der Waals surface area contributed by atoms with Gasteiger partial charge in [0, 0.05) is 30.1 Å². The maximum absolute atomic E-state index is 14.2. The first kappa shape index (κ1) is 20.9. The van der Waals surface area contributed by atoms with E-state index < -0.39 is 35.4 Å². The van der Waals surface area contributed by atoms with E-state index in [2.05, 4.69) is 30.0 Å². The highest BCUT2D eigenvalue weighted by Crippen LogP contribution is 2.26. The summed E-state index contributed by atoms with van der Waals surface area (Å²) in [6.45, 7) is 1.41. The molecule has 156 valence electrons. The third-order valence-electron chi connectivity index (χ3n) is 3.77. The van der Waals surface area contributed by atoms with Crippen molar-refractivity contribution < 1.29 is 27.1 Å². The van der Waals surface area contributed by atoms with Gasteiger partial charge in [0.2, 0.25) is 0 Å². The average molecular weight is 423 g/mol. The van der Waals surface area contributed by atoms with Crippen molar-refractivity contribution >= 4 is 5.91 Å². The van der Waals surface area contributed by atoms with Crippen molar-refractivity contribution in [3.8, 4) is 17.4 Å². The van der Waals surface area contributed by atoms with Crippen molar-refractivity contribution in [2.75, 3.05) is 0 Å². The van der Waals surface area contributed by atoms with Crippen molar-refractivity contribution in [2.24, 2.45) is 0 Å². The molecule has 0 saturated heterocycles. The van der Waals surface area contributed by atoms with E-state index in [0.29, 0.717) is 6.07 Å². The topological polar surface area (TPSA) is 110 Å². The van der Waals surface area contributed by atoms with Crippen molar-refractivity contribution in [2.45, 2.75) is 19.3 Å². The monoisotopic (exact) mass is 423 g/mol. The van der Waals surface area contributed by atoms with Crippen LogP contribution in [0.3, 0.4) is 0 Å².